The van der Waals surface area contributed by atoms with Gasteiger partial charge in [0.05, 0.1) is 15.9 Å². The minimum Gasteiger partial charge on any atom is -0.487 e. The molecule has 0 spiro atoms. The van der Waals surface area contributed by atoms with Crippen LogP contribution in [-0.4, -0.2) is 9.78 Å². The molecule has 0 saturated carbocycles. The highest BCUT2D eigenvalue weighted by Gasteiger charge is 2.12. The van der Waals surface area contributed by atoms with Crippen LogP contribution in [0.2, 0.25) is 0 Å². The lowest BCUT2D eigenvalue weighted by Crippen LogP contribution is -2.07. The van der Waals surface area contributed by atoms with Crippen molar-refractivity contribution in [2.24, 2.45) is 5.73 Å². The van der Waals surface area contributed by atoms with E-state index in [0.29, 0.717) is 6.61 Å². The van der Waals surface area contributed by atoms with Crippen molar-refractivity contribution in [2.75, 3.05) is 0 Å². The summed E-state index contributed by atoms with van der Waals surface area (Å²) in [5.74, 6) is 0.836. The number of nitrogens with zero attached hydrogens (tertiary/aromatic N) is 2. The molecule has 0 saturated heterocycles. The van der Waals surface area contributed by atoms with E-state index >= 15 is 0 Å². The largest absolute Gasteiger partial charge is 0.487 e. The minimum atomic E-state index is 0.0439. The van der Waals surface area contributed by atoms with E-state index < -0.39 is 0 Å². The molecule has 5 heteroatoms. The van der Waals surface area contributed by atoms with Crippen LogP contribution in [0.3, 0.4) is 0 Å². The first-order chi connectivity index (χ1) is 9.52. The van der Waals surface area contributed by atoms with Gasteiger partial charge in [-0.15, -0.1) is 0 Å². The normalized spacial score (nSPS) is 12.4. The Morgan fingerprint density at radius 1 is 1.35 bits per heavy atom. The summed E-state index contributed by atoms with van der Waals surface area (Å²) in [4.78, 5) is 0. The van der Waals surface area contributed by atoms with E-state index in [4.69, 9.17) is 10.5 Å². The van der Waals surface area contributed by atoms with Crippen LogP contribution in [0, 0.1) is 6.92 Å². The lowest BCUT2D eigenvalue weighted by atomic mass is 10.1. The van der Waals surface area contributed by atoms with Crippen molar-refractivity contribution in [1.29, 1.82) is 0 Å². The highest BCUT2D eigenvalue weighted by atomic mass is 79.9. The van der Waals surface area contributed by atoms with Gasteiger partial charge in [0, 0.05) is 12.6 Å². The van der Waals surface area contributed by atoms with Gasteiger partial charge in [0.15, 0.2) is 0 Å². The first-order valence-corrected chi connectivity index (χ1v) is 7.52. The summed E-state index contributed by atoms with van der Waals surface area (Å²) >= 11 is 3.57. The Balaban J connectivity index is 2.09. The SMILES string of the molecule is CCn1nc(C)c(Br)c1COc1ccc([C@H](C)N)cc1. The van der Waals surface area contributed by atoms with Crippen LogP contribution in [0.4, 0.5) is 0 Å². The number of ether oxygens (including phenoxy) is 1. The number of halogens is 1. The van der Waals surface area contributed by atoms with Crippen LogP contribution in [0.1, 0.15) is 36.8 Å². The maximum Gasteiger partial charge on any atom is 0.131 e. The predicted octanol–water partition coefficient (Wildman–Crippen LogP) is 3.57. The van der Waals surface area contributed by atoms with Gasteiger partial charge in [-0.05, 0) is 54.4 Å². The molecule has 1 aromatic heterocycles. The summed E-state index contributed by atoms with van der Waals surface area (Å²) in [6.07, 6.45) is 0. The smallest absolute Gasteiger partial charge is 0.131 e. The summed E-state index contributed by atoms with van der Waals surface area (Å²) in [6, 6.07) is 7.94. The second-order valence-electron chi connectivity index (χ2n) is 4.81. The molecular weight excluding hydrogens is 318 g/mol. The third-order valence-electron chi connectivity index (χ3n) is 3.23. The predicted molar refractivity (Wildman–Crippen MR) is 83.7 cm³/mol. The zero-order valence-electron chi connectivity index (χ0n) is 12.1. The van der Waals surface area contributed by atoms with Crippen molar-refractivity contribution >= 4 is 15.9 Å². The first-order valence-electron chi connectivity index (χ1n) is 6.73. The fourth-order valence-electron chi connectivity index (χ4n) is 2.03. The molecule has 0 aliphatic carbocycles. The van der Waals surface area contributed by atoms with Gasteiger partial charge in [0.1, 0.15) is 12.4 Å². The molecule has 0 fully saturated rings. The van der Waals surface area contributed by atoms with Crippen molar-refractivity contribution < 1.29 is 4.74 Å². The molecule has 108 valence electrons. The van der Waals surface area contributed by atoms with Gasteiger partial charge in [-0.2, -0.15) is 5.10 Å². The molecule has 2 rings (SSSR count). The van der Waals surface area contributed by atoms with E-state index in [1.165, 1.54) is 0 Å². The van der Waals surface area contributed by atoms with Gasteiger partial charge in [-0.3, -0.25) is 4.68 Å². The molecule has 1 aromatic carbocycles. The standard InChI is InChI=1S/C15H20BrN3O/c1-4-19-14(15(16)11(3)18-19)9-20-13-7-5-12(6-8-13)10(2)17/h5-8,10H,4,9,17H2,1-3H3/t10-/m0/s1. The monoisotopic (exact) mass is 337 g/mol. The van der Waals surface area contributed by atoms with E-state index in [-0.39, 0.29) is 6.04 Å². The topological polar surface area (TPSA) is 53.1 Å². The van der Waals surface area contributed by atoms with Crippen molar-refractivity contribution in [3.63, 3.8) is 0 Å². The molecule has 1 atom stereocenters. The van der Waals surface area contributed by atoms with Crippen molar-refractivity contribution in [2.45, 2.75) is 40.0 Å². The molecular formula is C15H20BrN3O. The highest BCUT2D eigenvalue weighted by molar-refractivity contribution is 9.10. The fourth-order valence-corrected chi connectivity index (χ4v) is 2.42. The van der Waals surface area contributed by atoms with Gasteiger partial charge < -0.3 is 10.5 Å². The quantitative estimate of drug-likeness (QED) is 0.907. The van der Waals surface area contributed by atoms with E-state index in [0.717, 1.165) is 33.7 Å². The van der Waals surface area contributed by atoms with Gasteiger partial charge >= 0.3 is 0 Å². The summed E-state index contributed by atoms with van der Waals surface area (Å²) in [5.41, 5.74) is 8.98. The Bertz CT molecular complexity index is 576. The fraction of sp³-hybridized carbons (Fsp3) is 0.400. The Morgan fingerprint density at radius 2 is 2.00 bits per heavy atom. The summed E-state index contributed by atoms with van der Waals surface area (Å²) < 4.78 is 8.81. The Kier molecular flexibility index (Phi) is 4.83. The molecule has 2 N–H and O–H groups in total. The number of benzene rings is 1. The number of aryl methyl sites for hydroxylation is 2. The molecule has 2 aromatic rings. The van der Waals surface area contributed by atoms with Crippen LogP contribution >= 0.6 is 15.9 Å². The molecule has 0 unspecified atom stereocenters. The summed E-state index contributed by atoms with van der Waals surface area (Å²) in [6.45, 7) is 7.34. The molecule has 1 heterocycles. The molecule has 20 heavy (non-hydrogen) atoms. The van der Waals surface area contributed by atoms with E-state index in [2.05, 4.69) is 28.0 Å². The molecule has 0 radical (unpaired) electrons. The number of hydrogen-bond donors (Lipinski definition) is 1. The van der Waals surface area contributed by atoms with Crippen molar-refractivity contribution in [3.05, 3.63) is 45.7 Å². The second-order valence-corrected chi connectivity index (χ2v) is 5.60. The number of aromatic nitrogens is 2. The lowest BCUT2D eigenvalue weighted by Gasteiger charge is -2.10. The maximum atomic E-state index is 5.83. The van der Waals surface area contributed by atoms with Crippen LogP contribution in [0.25, 0.3) is 0 Å². The van der Waals surface area contributed by atoms with Crippen molar-refractivity contribution in [3.8, 4) is 5.75 Å². The molecule has 0 bridgehead atoms. The van der Waals surface area contributed by atoms with Crippen LogP contribution in [-0.2, 0) is 13.2 Å². The zero-order valence-corrected chi connectivity index (χ0v) is 13.6. The van der Waals surface area contributed by atoms with Gasteiger partial charge in [0.25, 0.3) is 0 Å². The molecule has 0 amide bonds. The Labute approximate surface area is 128 Å². The molecule has 0 aliphatic heterocycles. The Hall–Kier alpha value is -1.33. The van der Waals surface area contributed by atoms with Gasteiger partial charge in [0.2, 0.25) is 0 Å². The van der Waals surface area contributed by atoms with Crippen LogP contribution < -0.4 is 10.5 Å². The van der Waals surface area contributed by atoms with E-state index in [1.807, 2.05) is 42.8 Å². The highest BCUT2D eigenvalue weighted by Crippen LogP contribution is 2.23. The van der Waals surface area contributed by atoms with Crippen LogP contribution in [0.5, 0.6) is 5.75 Å². The molecule has 0 aliphatic rings. The van der Waals surface area contributed by atoms with Gasteiger partial charge in [-0.1, -0.05) is 12.1 Å². The zero-order chi connectivity index (χ0) is 14.7. The third kappa shape index (κ3) is 3.22. The Morgan fingerprint density at radius 3 is 2.55 bits per heavy atom. The number of rotatable bonds is 5. The lowest BCUT2D eigenvalue weighted by molar-refractivity contribution is 0.291. The summed E-state index contributed by atoms with van der Waals surface area (Å²) in [7, 11) is 0. The van der Waals surface area contributed by atoms with Gasteiger partial charge in [-0.25, -0.2) is 0 Å². The van der Waals surface area contributed by atoms with Crippen molar-refractivity contribution in [1.82, 2.24) is 9.78 Å². The van der Waals surface area contributed by atoms with E-state index in [9.17, 15) is 0 Å². The minimum absolute atomic E-state index is 0.0439. The average Bonchev–Trinajstić information content (AvgIpc) is 2.72. The second kappa shape index (κ2) is 6.41. The number of nitrogens with two attached hydrogens (primary N) is 1. The summed E-state index contributed by atoms with van der Waals surface area (Å²) in [5, 5.41) is 4.45. The third-order valence-corrected chi connectivity index (χ3v) is 4.27. The molecule has 4 nitrogen and oxygen atoms in total. The van der Waals surface area contributed by atoms with Crippen LogP contribution in [0.15, 0.2) is 28.7 Å². The first kappa shape index (κ1) is 15.1. The number of hydrogen-bond acceptors (Lipinski definition) is 3. The maximum absolute atomic E-state index is 5.83. The van der Waals surface area contributed by atoms with E-state index in [1.54, 1.807) is 0 Å². The average molecular weight is 338 g/mol.